The fourth-order valence-corrected chi connectivity index (χ4v) is 5.82. The zero-order chi connectivity index (χ0) is 34.6. The molecular formula is C38H41ClN4O5. The van der Waals surface area contributed by atoms with Crippen LogP contribution in [0.4, 0.5) is 17.1 Å². The van der Waals surface area contributed by atoms with Crippen LogP contribution in [0.1, 0.15) is 58.2 Å². The maximum Gasteiger partial charge on any atom is 0.274 e. The predicted molar refractivity (Wildman–Crippen MR) is 191 cm³/mol. The number of pyridine rings is 1. The van der Waals surface area contributed by atoms with E-state index < -0.39 is 5.91 Å². The molecule has 4 aromatic rings. The third-order valence-electron chi connectivity index (χ3n) is 8.59. The monoisotopic (exact) mass is 668 g/mol. The van der Waals surface area contributed by atoms with Crippen molar-refractivity contribution in [2.45, 2.75) is 39.5 Å². The van der Waals surface area contributed by atoms with Gasteiger partial charge in [-0.1, -0.05) is 63.2 Å². The number of nitrogens with one attached hydrogen (secondary N) is 2. The molecule has 1 aliphatic heterocycles. The summed E-state index contributed by atoms with van der Waals surface area (Å²) in [5.74, 6) is -0.938. The van der Waals surface area contributed by atoms with Crippen molar-refractivity contribution in [3.05, 3.63) is 111 Å². The minimum absolute atomic E-state index is 0.00394. The SMILES string of the molecule is Cc1c(CC(=O)c2ccc(C(C)(C)C)cc2)cccc1-c1cc(Nc2ccc(C(=O)N3CCOCC3)c(NC(=O)CCl)c2)c(=O)n(C)c1. The number of benzene rings is 3. The number of alkyl halides is 1. The molecule has 2 heterocycles. The largest absolute Gasteiger partial charge is 0.378 e. The molecule has 1 aromatic heterocycles. The lowest BCUT2D eigenvalue weighted by molar-refractivity contribution is -0.113. The molecule has 48 heavy (non-hydrogen) atoms. The van der Waals surface area contributed by atoms with E-state index in [1.165, 1.54) is 10.1 Å². The maximum atomic E-state index is 13.3. The average molecular weight is 669 g/mol. The second kappa shape index (κ2) is 14.6. The lowest BCUT2D eigenvalue weighted by atomic mass is 9.86. The van der Waals surface area contributed by atoms with E-state index >= 15 is 0 Å². The van der Waals surface area contributed by atoms with Crippen molar-refractivity contribution in [1.82, 2.24) is 9.47 Å². The fraction of sp³-hybridized carbons (Fsp3) is 0.316. The van der Waals surface area contributed by atoms with Crippen LogP contribution in [0.3, 0.4) is 0 Å². The molecule has 0 saturated carbocycles. The molecule has 0 spiro atoms. The predicted octanol–water partition coefficient (Wildman–Crippen LogP) is 6.48. The van der Waals surface area contributed by atoms with Gasteiger partial charge in [-0.3, -0.25) is 19.2 Å². The number of aryl methyl sites for hydroxylation is 1. The topological polar surface area (TPSA) is 110 Å². The van der Waals surface area contributed by atoms with Crippen molar-refractivity contribution in [2.75, 3.05) is 42.8 Å². The van der Waals surface area contributed by atoms with Gasteiger partial charge in [-0.2, -0.15) is 0 Å². The number of Topliss-reactive ketones (excluding diaryl/α,β-unsaturated/α-hetero) is 1. The molecule has 0 unspecified atom stereocenters. The summed E-state index contributed by atoms with van der Waals surface area (Å²) < 4.78 is 6.87. The Kier molecular flexibility index (Phi) is 10.5. The Morgan fingerprint density at radius 1 is 0.938 bits per heavy atom. The van der Waals surface area contributed by atoms with Crippen LogP contribution in [-0.4, -0.2) is 59.2 Å². The number of nitrogens with zero attached hydrogens (tertiary/aromatic N) is 2. The molecule has 2 N–H and O–H groups in total. The van der Waals surface area contributed by atoms with E-state index in [0.29, 0.717) is 48.8 Å². The van der Waals surface area contributed by atoms with Crippen molar-refractivity contribution >= 4 is 46.3 Å². The van der Waals surface area contributed by atoms with E-state index in [4.69, 9.17) is 16.3 Å². The number of ketones is 1. The highest BCUT2D eigenvalue weighted by atomic mass is 35.5. The molecule has 2 amide bonds. The number of carbonyl (C=O) groups excluding carboxylic acids is 3. The van der Waals surface area contributed by atoms with E-state index in [1.54, 1.807) is 42.4 Å². The molecule has 1 aliphatic rings. The molecule has 0 aliphatic carbocycles. The Hall–Kier alpha value is -4.73. The molecule has 1 saturated heterocycles. The Morgan fingerprint density at radius 3 is 2.31 bits per heavy atom. The highest BCUT2D eigenvalue weighted by molar-refractivity contribution is 6.29. The Labute approximate surface area is 285 Å². The van der Waals surface area contributed by atoms with Gasteiger partial charge in [0.05, 0.1) is 24.5 Å². The second-order valence-electron chi connectivity index (χ2n) is 13.0. The van der Waals surface area contributed by atoms with Gasteiger partial charge in [-0.25, -0.2) is 0 Å². The highest BCUT2D eigenvalue weighted by Crippen LogP contribution is 2.30. The van der Waals surface area contributed by atoms with Crippen LogP contribution in [0.25, 0.3) is 11.1 Å². The molecular weight excluding hydrogens is 628 g/mol. The summed E-state index contributed by atoms with van der Waals surface area (Å²) in [4.78, 5) is 53.8. The smallest absolute Gasteiger partial charge is 0.274 e. The summed E-state index contributed by atoms with van der Waals surface area (Å²) in [5, 5.41) is 5.91. The van der Waals surface area contributed by atoms with Gasteiger partial charge >= 0.3 is 0 Å². The van der Waals surface area contributed by atoms with Crippen molar-refractivity contribution < 1.29 is 19.1 Å². The van der Waals surface area contributed by atoms with E-state index in [2.05, 4.69) is 31.4 Å². The number of rotatable bonds is 9. The molecule has 10 heteroatoms. The summed E-state index contributed by atoms with van der Waals surface area (Å²) in [6, 6.07) is 20.4. The number of hydrogen-bond acceptors (Lipinski definition) is 6. The first kappa shape index (κ1) is 34.6. The van der Waals surface area contributed by atoms with Crippen LogP contribution < -0.4 is 16.2 Å². The zero-order valence-corrected chi connectivity index (χ0v) is 28.7. The van der Waals surface area contributed by atoms with E-state index in [-0.39, 0.29) is 40.7 Å². The van der Waals surface area contributed by atoms with E-state index in [9.17, 15) is 19.2 Å². The Morgan fingerprint density at radius 2 is 1.65 bits per heavy atom. The van der Waals surface area contributed by atoms with Gasteiger partial charge in [-0.05, 0) is 58.9 Å². The summed E-state index contributed by atoms with van der Waals surface area (Å²) >= 11 is 5.77. The number of amides is 2. The number of ether oxygens (including phenoxy) is 1. The quantitative estimate of drug-likeness (QED) is 0.156. The highest BCUT2D eigenvalue weighted by Gasteiger charge is 2.23. The second-order valence-corrected chi connectivity index (χ2v) is 13.3. The number of carbonyl (C=O) groups is 3. The fourth-order valence-electron chi connectivity index (χ4n) is 5.76. The lowest BCUT2D eigenvalue weighted by Gasteiger charge is -2.27. The van der Waals surface area contributed by atoms with Gasteiger partial charge in [0.15, 0.2) is 5.78 Å². The first-order chi connectivity index (χ1) is 22.8. The number of anilines is 3. The van der Waals surface area contributed by atoms with Gasteiger partial charge in [0.1, 0.15) is 11.6 Å². The summed E-state index contributed by atoms with van der Waals surface area (Å²) in [6.07, 6.45) is 2.01. The molecule has 1 fully saturated rings. The van der Waals surface area contributed by atoms with Crippen LogP contribution in [0, 0.1) is 6.92 Å². The summed E-state index contributed by atoms with van der Waals surface area (Å²) in [5.41, 5.74) is 6.51. The molecule has 250 valence electrons. The first-order valence-electron chi connectivity index (χ1n) is 15.9. The molecule has 0 bridgehead atoms. The van der Waals surface area contributed by atoms with Crippen LogP contribution in [0.2, 0.25) is 0 Å². The minimum atomic E-state index is -0.460. The van der Waals surface area contributed by atoms with Crippen molar-refractivity contribution in [2.24, 2.45) is 7.05 Å². The maximum absolute atomic E-state index is 13.3. The average Bonchev–Trinajstić information content (AvgIpc) is 3.07. The standard InChI is InChI=1S/C38H41ClN4O5/c1-24-26(20-34(44)25-9-11-28(12-10-25)38(2,3)4)7-6-8-30(24)27-19-33(37(47)42(5)23-27)40-29-13-14-31(32(21-29)41-35(45)22-39)36(46)43-15-17-48-18-16-43/h6-14,19,21,23,40H,15-18,20,22H2,1-5H3,(H,41,45). The lowest BCUT2D eigenvalue weighted by Crippen LogP contribution is -2.41. The molecule has 9 nitrogen and oxygen atoms in total. The molecule has 0 radical (unpaired) electrons. The first-order valence-corrected chi connectivity index (χ1v) is 16.5. The summed E-state index contributed by atoms with van der Waals surface area (Å²) in [6.45, 7) is 10.2. The van der Waals surface area contributed by atoms with Crippen molar-refractivity contribution in [3.8, 4) is 11.1 Å². The van der Waals surface area contributed by atoms with Crippen LogP contribution in [0.5, 0.6) is 0 Å². The van der Waals surface area contributed by atoms with Crippen molar-refractivity contribution in [3.63, 3.8) is 0 Å². The van der Waals surface area contributed by atoms with Gasteiger partial charge in [0.25, 0.3) is 11.5 Å². The van der Waals surface area contributed by atoms with Gasteiger partial charge in [-0.15, -0.1) is 11.6 Å². The van der Waals surface area contributed by atoms with Crippen LogP contribution >= 0.6 is 11.6 Å². The Bertz CT molecular complexity index is 1900. The third kappa shape index (κ3) is 7.86. The van der Waals surface area contributed by atoms with E-state index in [1.807, 2.05) is 49.4 Å². The van der Waals surface area contributed by atoms with Gasteiger partial charge < -0.3 is 24.8 Å². The number of halogens is 1. The van der Waals surface area contributed by atoms with Gasteiger partial charge in [0.2, 0.25) is 5.91 Å². The normalized spacial score (nSPS) is 13.2. The number of aromatic nitrogens is 1. The number of hydrogen-bond donors (Lipinski definition) is 2. The van der Waals surface area contributed by atoms with E-state index in [0.717, 1.165) is 22.3 Å². The van der Waals surface area contributed by atoms with Crippen LogP contribution in [0.15, 0.2) is 77.7 Å². The van der Waals surface area contributed by atoms with Crippen molar-refractivity contribution in [1.29, 1.82) is 0 Å². The van der Waals surface area contributed by atoms with Gasteiger partial charge in [0, 0.05) is 49.6 Å². The zero-order valence-electron chi connectivity index (χ0n) is 28.0. The molecule has 3 aromatic carbocycles. The number of morpholine rings is 1. The summed E-state index contributed by atoms with van der Waals surface area (Å²) in [7, 11) is 1.68. The van der Waals surface area contributed by atoms with Crippen LogP contribution in [-0.2, 0) is 28.4 Å². The minimum Gasteiger partial charge on any atom is -0.378 e. The molecule has 5 rings (SSSR count). The Balaban J connectivity index is 1.42. The molecule has 0 atom stereocenters. The third-order valence-corrected chi connectivity index (χ3v) is 8.83.